The van der Waals surface area contributed by atoms with Gasteiger partial charge in [-0.2, -0.15) is 17.0 Å². The Kier molecular flexibility index (Phi) is 2.72. The fourth-order valence-corrected chi connectivity index (χ4v) is 3.27. The molecule has 1 saturated carbocycles. The molecule has 92 valence electrons. The molecule has 5 heteroatoms. The number of aromatic amines is 1. The van der Waals surface area contributed by atoms with Crippen LogP contribution in [0.5, 0.6) is 0 Å². The molecule has 1 aromatic carbocycles. The van der Waals surface area contributed by atoms with Crippen molar-refractivity contribution >= 4 is 35.0 Å². The number of H-pyrrole nitrogens is 1. The van der Waals surface area contributed by atoms with E-state index in [9.17, 15) is 0 Å². The van der Waals surface area contributed by atoms with E-state index in [2.05, 4.69) is 21.9 Å². The molecule has 0 bridgehead atoms. The minimum atomic E-state index is 0.357. The summed E-state index contributed by atoms with van der Waals surface area (Å²) in [7, 11) is 0. The van der Waals surface area contributed by atoms with Gasteiger partial charge in [0.15, 0.2) is 4.77 Å². The first-order valence-electron chi connectivity index (χ1n) is 5.85. The van der Waals surface area contributed by atoms with Crippen LogP contribution in [0.4, 0.5) is 0 Å². The third kappa shape index (κ3) is 1.86. The van der Waals surface area contributed by atoms with Crippen molar-refractivity contribution in [3.8, 4) is 6.07 Å². The number of rotatable bonds is 3. The highest BCUT2D eigenvalue weighted by molar-refractivity contribution is 8.00. The molecule has 0 unspecified atom stereocenters. The molecule has 1 heterocycles. The summed E-state index contributed by atoms with van der Waals surface area (Å²) in [5, 5.41) is 8.99. The Balaban J connectivity index is 2.13. The number of nitrogens with one attached hydrogen (secondary N) is 1. The van der Waals surface area contributed by atoms with Crippen molar-refractivity contribution in [1.82, 2.24) is 9.55 Å². The molecule has 2 aromatic rings. The van der Waals surface area contributed by atoms with Gasteiger partial charge < -0.3 is 9.55 Å². The second kappa shape index (κ2) is 4.15. The molecule has 0 spiro atoms. The first-order chi connectivity index (χ1) is 8.67. The minimum Gasteiger partial charge on any atom is -0.331 e. The van der Waals surface area contributed by atoms with E-state index in [0.717, 1.165) is 22.3 Å². The van der Waals surface area contributed by atoms with Crippen molar-refractivity contribution in [2.75, 3.05) is 6.26 Å². The number of hydrogen-bond donors (Lipinski definition) is 1. The Labute approximate surface area is 115 Å². The maximum Gasteiger partial charge on any atom is 0.178 e. The predicted molar refractivity (Wildman–Crippen MR) is 77.3 cm³/mol. The van der Waals surface area contributed by atoms with E-state index in [1.54, 1.807) is 0 Å². The quantitative estimate of drug-likeness (QED) is 0.872. The summed E-state index contributed by atoms with van der Waals surface area (Å²) in [4.78, 5) is 3.21. The lowest BCUT2D eigenvalue weighted by molar-refractivity contribution is 0.670. The Bertz CT molecular complexity index is 701. The topological polar surface area (TPSA) is 44.5 Å². The van der Waals surface area contributed by atoms with Gasteiger partial charge in [-0.05, 0) is 49.5 Å². The maximum atomic E-state index is 8.99. The van der Waals surface area contributed by atoms with E-state index >= 15 is 0 Å². The van der Waals surface area contributed by atoms with Crippen LogP contribution in [0, 0.1) is 16.1 Å². The average molecular weight is 275 g/mol. The van der Waals surface area contributed by atoms with Crippen LogP contribution >= 0.6 is 24.0 Å². The number of nitriles is 1. The van der Waals surface area contributed by atoms with Crippen LogP contribution in [0.25, 0.3) is 11.0 Å². The van der Waals surface area contributed by atoms with Crippen LogP contribution in [-0.4, -0.2) is 20.6 Å². The summed E-state index contributed by atoms with van der Waals surface area (Å²) >= 11 is 7.31. The fraction of sp³-hybridized carbons (Fsp3) is 0.385. The highest BCUT2D eigenvalue weighted by atomic mass is 32.2. The summed E-state index contributed by atoms with van der Waals surface area (Å²) in [5.74, 6) is 0. The van der Waals surface area contributed by atoms with Crippen molar-refractivity contribution in [1.29, 1.82) is 5.26 Å². The van der Waals surface area contributed by atoms with Gasteiger partial charge in [-0.15, -0.1) is 0 Å². The van der Waals surface area contributed by atoms with E-state index in [1.165, 1.54) is 12.8 Å². The third-order valence-electron chi connectivity index (χ3n) is 3.59. The molecule has 0 saturated heterocycles. The molecule has 1 aliphatic rings. The lowest BCUT2D eigenvalue weighted by Gasteiger charge is -2.13. The molecule has 3 nitrogen and oxygen atoms in total. The van der Waals surface area contributed by atoms with E-state index in [4.69, 9.17) is 17.5 Å². The van der Waals surface area contributed by atoms with Crippen LogP contribution in [0.3, 0.4) is 0 Å². The Morgan fingerprint density at radius 2 is 2.33 bits per heavy atom. The van der Waals surface area contributed by atoms with Gasteiger partial charge in [0.2, 0.25) is 0 Å². The molecule has 1 fully saturated rings. The first-order valence-corrected chi connectivity index (χ1v) is 7.49. The van der Waals surface area contributed by atoms with Gasteiger partial charge in [-0.1, -0.05) is 0 Å². The monoisotopic (exact) mass is 275 g/mol. The van der Waals surface area contributed by atoms with Gasteiger partial charge in [0.25, 0.3) is 0 Å². The lowest BCUT2D eigenvalue weighted by Crippen LogP contribution is -2.13. The van der Waals surface area contributed by atoms with Gasteiger partial charge in [0.1, 0.15) is 0 Å². The van der Waals surface area contributed by atoms with Crippen molar-refractivity contribution in [2.24, 2.45) is 0 Å². The van der Waals surface area contributed by atoms with Crippen molar-refractivity contribution in [3.05, 3.63) is 28.5 Å². The van der Waals surface area contributed by atoms with E-state index in [0.29, 0.717) is 10.3 Å². The normalized spacial score (nSPS) is 16.7. The highest BCUT2D eigenvalue weighted by Crippen LogP contribution is 2.48. The highest BCUT2D eigenvalue weighted by Gasteiger charge is 2.42. The number of nitrogens with zero attached hydrogens (tertiary/aromatic N) is 2. The number of fused-ring (bicyclic) bond motifs is 1. The number of thioether (sulfide) groups is 1. The zero-order valence-electron chi connectivity index (χ0n) is 10.1. The van der Waals surface area contributed by atoms with Crippen LogP contribution in [0.1, 0.15) is 18.4 Å². The molecule has 0 amide bonds. The molecule has 1 N–H and O–H groups in total. The van der Waals surface area contributed by atoms with Crippen LogP contribution in [0.2, 0.25) is 0 Å². The molecule has 18 heavy (non-hydrogen) atoms. The number of benzene rings is 1. The number of aromatic nitrogens is 2. The molecular weight excluding hydrogens is 262 g/mol. The van der Waals surface area contributed by atoms with Gasteiger partial charge >= 0.3 is 0 Å². The summed E-state index contributed by atoms with van der Waals surface area (Å²) in [6.45, 7) is 0.932. The average Bonchev–Trinajstić information content (AvgIpc) is 3.10. The molecule has 1 aliphatic carbocycles. The van der Waals surface area contributed by atoms with Crippen LogP contribution < -0.4 is 0 Å². The second-order valence-corrected chi connectivity index (χ2v) is 6.41. The largest absolute Gasteiger partial charge is 0.331 e. The van der Waals surface area contributed by atoms with Crippen molar-refractivity contribution < 1.29 is 0 Å². The standard InChI is InChI=1S/C13H13N3S2/c1-18-13(4-5-13)8-16-11-6-9(7-14)2-3-10(11)15-12(16)17/h2-3,6H,4-5,8H2,1H3,(H,15,17). The molecule has 0 aliphatic heterocycles. The summed E-state index contributed by atoms with van der Waals surface area (Å²) in [5.41, 5.74) is 2.73. The molecule has 1 aromatic heterocycles. The minimum absolute atomic E-state index is 0.357. The smallest absolute Gasteiger partial charge is 0.178 e. The first kappa shape index (κ1) is 11.8. The summed E-state index contributed by atoms with van der Waals surface area (Å²) in [6, 6.07) is 7.84. The number of imidazole rings is 1. The third-order valence-corrected chi connectivity index (χ3v) is 5.32. The Hall–Kier alpha value is -1.25. The van der Waals surface area contributed by atoms with E-state index in [-0.39, 0.29) is 0 Å². The van der Waals surface area contributed by atoms with Crippen LogP contribution in [0.15, 0.2) is 18.2 Å². The summed E-state index contributed by atoms with van der Waals surface area (Å²) in [6.07, 6.45) is 4.66. The van der Waals surface area contributed by atoms with Gasteiger partial charge in [0, 0.05) is 11.3 Å². The molecular formula is C13H13N3S2. The van der Waals surface area contributed by atoms with Gasteiger partial charge in [-0.3, -0.25) is 0 Å². The molecule has 0 radical (unpaired) electrons. The maximum absolute atomic E-state index is 8.99. The molecule has 0 atom stereocenters. The van der Waals surface area contributed by atoms with Gasteiger partial charge in [-0.25, -0.2) is 0 Å². The van der Waals surface area contributed by atoms with E-state index in [1.807, 2.05) is 30.0 Å². The predicted octanol–water partition coefficient (Wildman–Crippen LogP) is 3.47. The Morgan fingerprint density at radius 3 is 2.94 bits per heavy atom. The number of hydrogen-bond acceptors (Lipinski definition) is 3. The van der Waals surface area contributed by atoms with Crippen molar-refractivity contribution in [3.63, 3.8) is 0 Å². The lowest BCUT2D eigenvalue weighted by atomic mass is 10.2. The van der Waals surface area contributed by atoms with Crippen molar-refractivity contribution in [2.45, 2.75) is 24.1 Å². The summed E-state index contributed by atoms with van der Waals surface area (Å²) < 4.78 is 3.24. The fourth-order valence-electron chi connectivity index (χ4n) is 2.23. The SMILES string of the molecule is CSC1(Cn2c(=S)[nH]c3ccc(C#N)cc32)CC1. The van der Waals surface area contributed by atoms with Crippen LogP contribution in [-0.2, 0) is 6.54 Å². The molecule has 3 rings (SSSR count). The zero-order chi connectivity index (χ0) is 12.8. The second-order valence-electron chi connectivity index (χ2n) is 4.75. The zero-order valence-corrected chi connectivity index (χ0v) is 11.7. The van der Waals surface area contributed by atoms with E-state index < -0.39 is 0 Å². The Morgan fingerprint density at radius 1 is 1.56 bits per heavy atom. The van der Waals surface area contributed by atoms with Gasteiger partial charge in [0.05, 0.1) is 22.7 Å².